The molecule has 0 unspecified atom stereocenters. The summed E-state index contributed by atoms with van der Waals surface area (Å²) in [6.07, 6.45) is 2.79. The summed E-state index contributed by atoms with van der Waals surface area (Å²) in [5.74, 6) is -0.987. The molecule has 1 amide bonds. The summed E-state index contributed by atoms with van der Waals surface area (Å²) in [6.45, 7) is 0. The van der Waals surface area contributed by atoms with Crippen LogP contribution in [-0.4, -0.2) is 22.3 Å². The van der Waals surface area contributed by atoms with Gasteiger partial charge in [-0.2, -0.15) is 0 Å². The lowest BCUT2D eigenvalue weighted by Crippen LogP contribution is -2.18. The number of phenols is 1. The molecule has 3 aromatic carbocycles. The van der Waals surface area contributed by atoms with E-state index in [1.165, 1.54) is 6.07 Å². The van der Waals surface area contributed by atoms with E-state index >= 15 is 0 Å². The fourth-order valence-corrected chi connectivity index (χ4v) is 3.65. The number of allylic oxidation sites excluding steroid dienone is 1. The molecule has 0 aliphatic heterocycles. The molecule has 7 heteroatoms. The molecule has 0 saturated heterocycles. The molecule has 3 rings (SSSR count). The average molecular weight is 484 g/mol. The molecule has 0 heterocycles. The molecule has 31 heavy (non-hydrogen) atoms. The highest BCUT2D eigenvalue weighted by Gasteiger charge is 2.21. The first kappa shape index (κ1) is 22.4. The lowest BCUT2D eigenvalue weighted by Gasteiger charge is -2.20. The molecule has 0 bridgehead atoms. The molecule has 0 spiro atoms. The van der Waals surface area contributed by atoms with Crippen molar-refractivity contribution >= 4 is 44.5 Å². The number of hydrogen-bond donors (Lipinski definition) is 3. The number of carbonyl (C=O) groups excluding carboxylic acids is 1. The van der Waals surface area contributed by atoms with Gasteiger partial charge in [-0.15, -0.1) is 0 Å². The zero-order chi connectivity index (χ0) is 22.2. The molecule has 0 aliphatic carbocycles. The number of rotatable bonds is 8. The van der Waals surface area contributed by atoms with Crippen LogP contribution in [0.15, 0.2) is 77.3 Å². The third kappa shape index (κ3) is 6.33. The number of unbranched alkanes of at least 4 members (excludes halogenated alkanes) is 1. The Morgan fingerprint density at radius 1 is 1.10 bits per heavy atom. The molecule has 160 valence electrons. The smallest absolute Gasteiger partial charge is 0.412 e. The van der Waals surface area contributed by atoms with Crippen LogP contribution in [0.25, 0.3) is 10.8 Å². The van der Waals surface area contributed by atoms with Crippen LogP contribution in [0.1, 0.15) is 30.9 Å². The predicted octanol–water partition coefficient (Wildman–Crippen LogP) is 6.41. The molecule has 3 aromatic rings. The lowest BCUT2D eigenvalue weighted by atomic mass is 10.0. The number of carboxylic acids is 1. The van der Waals surface area contributed by atoms with Gasteiger partial charge in [0.05, 0.1) is 5.69 Å². The molecule has 0 radical (unpaired) electrons. The molecule has 1 atom stereocenters. The molecular weight excluding hydrogens is 462 g/mol. The minimum Gasteiger partial charge on any atom is -0.508 e. The van der Waals surface area contributed by atoms with Crippen LogP contribution < -0.4 is 5.32 Å². The summed E-state index contributed by atoms with van der Waals surface area (Å²) in [5.41, 5.74) is 1.11. The van der Waals surface area contributed by atoms with Crippen molar-refractivity contribution < 1.29 is 24.5 Å². The second kappa shape index (κ2) is 10.6. The van der Waals surface area contributed by atoms with Gasteiger partial charge in [-0.3, -0.25) is 5.32 Å². The molecule has 0 aliphatic rings. The fraction of sp³-hybridized carbons (Fsp3) is 0.167. The summed E-state index contributed by atoms with van der Waals surface area (Å²) in [6, 6.07) is 18.2. The number of aromatic hydroxyl groups is 1. The number of anilines is 1. The Kier molecular flexibility index (Phi) is 7.67. The summed E-state index contributed by atoms with van der Waals surface area (Å²) >= 11 is 3.38. The number of benzene rings is 3. The van der Waals surface area contributed by atoms with Crippen LogP contribution in [-0.2, 0) is 9.53 Å². The van der Waals surface area contributed by atoms with Gasteiger partial charge in [0, 0.05) is 21.5 Å². The second-order valence-corrected chi connectivity index (χ2v) is 7.84. The van der Waals surface area contributed by atoms with Crippen molar-refractivity contribution in [3.05, 3.63) is 82.9 Å². The van der Waals surface area contributed by atoms with E-state index in [1.807, 2.05) is 36.4 Å². The number of amides is 1. The summed E-state index contributed by atoms with van der Waals surface area (Å²) in [4.78, 5) is 23.3. The number of ether oxygens (including phenoxy) is 1. The summed E-state index contributed by atoms with van der Waals surface area (Å²) < 4.78 is 6.43. The number of hydrogen-bond acceptors (Lipinski definition) is 4. The van der Waals surface area contributed by atoms with Crippen molar-refractivity contribution in [2.45, 2.75) is 25.4 Å². The first-order chi connectivity index (χ1) is 14.9. The van der Waals surface area contributed by atoms with Crippen molar-refractivity contribution in [3.8, 4) is 5.75 Å². The van der Waals surface area contributed by atoms with Gasteiger partial charge >= 0.3 is 12.1 Å². The van der Waals surface area contributed by atoms with E-state index in [0.29, 0.717) is 30.5 Å². The van der Waals surface area contributed by atoms with Crippen molar-refractivity contribution in [2.24, 2.45) is 0 Å². The molecule has 3 N–H and O–H groups in total. The number of carbonyl (C=O) groups is 2. The van der Waals surface area contributed by atoms with Crippen LogP contribution in [0.3, 0.4) is 0 Å². The number of carboxylic acid groups (broad SMARTS) is 1. The van der Waals surface area contributed by atoms with Crippen LogP contribution in [0.4, 0.5) is 10.5 Å². The highest BCUT2D eigenvalue weighted by atomic mass is 79.9. The van der Waals surface area contributed by atoms with E-state index in [9.17, 15) is 14.7 Å². The normalized spacial score (nSPS) is 12.0. The Hall–Kier alpha value is -3.32. The van der Waals surface area contributed by atoms with Crippen molar-refractivity contribution in [3.63, 3.8) is 0 Å². The number of phenolic OH excluding ortho intramolecular Hbond substituents is 1. The maximum atomic E-state index is 12.7. The number of aliphatic carboxylic acids is 1. The fourth-order valence-electron chi connectivity index (χ4n) is 3.27. The van der Waals surface area contributed by atoms with Crippen molar-refractivity contribution in [1.29, 1.82) is 0 Å². The molecule has 0 aromatic heterocycles. The lowest BCUT2D eigenvalue weighted by molar-refractivity contribution is -0.131. The summed E-state index contributed by atoms with van der Waals surface area (Å²) in [7, 11) is 0. The predicted molar refractivity (Wildman–Crippen MR) is 123 cm³/mol. The number of nitrogens with one attached hydrogen (secondary N) is 1. The zero-order valence-corrected chi connectivity index (χ0v) is 18.2. The van der Waals surface area contributed by atoms with Gasteiger partial charge in [0.15, 0.2) is 0 Å². The van der Waals surface area contributed by atoms with Gasteiger partial charge in [0.25, 0.3) is 0 Å². The van der Waals surface area contributed by atoms with Gasteiger partial charge in [-0.25, -0.2) is 9.59 Å². The average Bonchev–Trinajstić information content (AvgIpc) is 2.74. The van der Waals surface area contributed by atoms with E-state index in [0.717, 1.165) is 21.3 Å². The van der Waals surface area contributed by atoms with Gasteiger partial charge < -0.3 is 14.9 Å². The highest BCUT2D eigenvalue weighted by molar-refractivity contribution is 9.10. The largest absolute Gasteiger partial charge is 0.508 e. The third-order valence-electron chi connectivity index (χ3n) is 4.71. The topological polar surface area (TPSA) is 95.9 Å². The summed E-state index contributed by atoms with van der Waals surface area (Å²) in [5, 5.41) is 23.7. The Balaban J connectivity index is 1.75. The van der Waals surface area contributed by atoms with E-state index in [2.05, 4.69) is 21.2 Å². The van der Waals surface area contributed by atoms with Crippen LogP contribution in [0, 0.1) is 0 Å². The molecule has 0 fully saturated rings. The van der Waals surface area contributed by atoms with E-state index in [1.54, 1.807) is 24.3 Å². The molecule has 0 saturated carbocycles. The van der Waals surface area contributed by atoms with E-state index in [4.69, 9.17) is 9.84 Å². The minimum absolute atomic E-state index is 0.0206. The Morgan fingerprint density at radius 3 is 2.68 bits per heavy atom. The van der Waals surface area contributed by atoms with E-state index in [-0.39, 0.29) is 5.75 Å². The van der Waals surface area contributed by atoms with Crippen LogP contribution in [0.2, 0.25) is 0 Å². The maximum Gasteiger partial charge on any atom is 0.412 e. The third-order valence-corrected chi connectivity index (χ3v) is 5.20. The van der Waals surface area contributed by atoms with Crippen molar-refractivity contribution in [2.75, 3.05) is 5.32 Å². The molecular formula is C24H22BrNO5. The highest BCUT2D eigenvalue weighted by Crippen LogP contribution is 2.33. The quantitative estimate of drug-likeness (QED) is 0.254. The van der Waals surface area contributed by atoms with Crippen molar-refractivity contribution in [1.82, 2.24) is 0 Å². The zero-order valence-electron chi connectivity index (χ0n) is 16.6. The Labute approximate surface area is 188 Å². The number of halogens is 1. The first-order valence-corrected chi connectivity index (χ1v) is 10.6. The van der Waals surface area contributed by atoms with Gasteiger partial charge in [-0.1, -0.05) is 58.4 Å². The van der Waals surface area contributed by atoms with E-state index < -0.39 is 18.2 Å². The minimum atomic E-state index is -1.01. The van der Waals surface area contributed by atoms with Gasteiger partial charge in [0.1, 0.15) is 11.9 Å². The second-order valence-electron chi connectivity index (χ2n) is 6.92. The standard InChI is InChI=1S/C24H22BrNO5/c25-17-13-14-21(27)19(15-17)22(11-2-1-3-12-23(28)29)31-24(30)26-20-10-6-8-16-7-4-5-9-18(16)20/h3-10,12-15,22,27H,1-2,11H2,(H,26,30)(H,28,29)/b12-3+/t22-/m1/s1. The van der Waals surface area contributed by atoms with Gasteiger partial charge in [-0.05, 0) is 48.9 Å². The Bertz CT molecular complexity index is 1110. The maximum absolute atomic E-state index is 12.7. The monoisotopic (exact) mass is 483 g/mol. The van der Waals surface area contributed by atoms with Crippen LogP contribution >= 0.6 is 15.9 Å². The number of fused-ring (bicyclic) bond motifs is 1. The SMILES string of the molecule is O=C(O)/C=C/CCC[C@@H](OC(=O)Nc1cccc2ccccc12)c1cc(Br)ccc1O. The first-order valence-electron chi connectivity index (χ1n) is 9.77. The van der Waals surface area contributed by atoms with Gasteiger partial charge in [0.2, 0.25) is 0 Å². The molecule has 6 nitrogen and oxygen atoms in total. The Morgan fingerprint density at radius 2 is 1.87 bits per heavy atom. The van der Waals surface area contributed by atoms with Crippen LogP contribution in [0.5, 0.6) is 5.75 Å².